The standard InChI is InChI=1S/C23H27N3O/c1-2-26-21-11-7-6-10-20(21)18-22(26)23(27)25-16-14-24(15-17-25)13-12-19-8-4-3-5-9-19/h3-11,18H,2,12-17H2,1H3. The molecule has 1 aliphatic rings. The SMILES string of the molecule is CCn1c(C(=O)N2CCN(CCc3ccccc3)CC2)cc2ccccc21. The molecule has 2 heterocycles. The Morgan fingerprint density at radius 3 is 2.37 bits per heavy atom. The summed E-state index contributed by atoms with van der Waals surface area (Å²) in [6, 6.07) is 20.9. The van der Waals surface area contributed by atoms with Crippen molar-refractivity contribution in [1.29, 1.82) is 0 Å². The summed E-state index contributed by atoms with van der Waals surface area (Å²) in [6.45, 7) is 7.48. The second-order valence-electron chi connectivity index (χ2n) is 7.20. The minimum atomic E-state index is 0.163. The Morgan fingerprint density at radius 1 is 0.926 bits per heavy atom. The van der Waals surface area contributed by atoms with Gasteiger partial charge in [-0.05, 0) is 31.0 Å². The molecular formula is C23H27N3O. The molecule has 4 rings (SSSR count). The van der Waals surface area contributed by atoms with Crippen molar-refractivity contribution in [3.05, 3.63) is 71.9 Å². The lowest BCUT2D eigenvalue weighted by Crippen LogP contribution is -2.49. The highest BCUT2D eigenvalue weighted by atomic mass is 16.2. The van der Waals surface area contributed by atoms with E-state index >= 15 is 0 Å². The first-order valence-corrected chi connectivity index (χ1v) is 9.90. The smallest absolute Gasteiger partial charge is 0.270 e. The minimum absolute atomic E-state index is 0.163. The van der Waals surface area contributed by atoms with E-state index in [4.69, 9.17) is 0 Å². The molecule has 0 saturated carbocycles. The van der Waals surface area contributed by atoms with Gasteiger partial charge in [-0.3, -0.25) is 9.69 Å². The Kier molecular flexibility index (Phi) is 5.26. The number of carbonyl (C=O) groups excluding carboxylic acids is 1. The van der Waals surface area contributed by atoms with E-state index < -0.39 is 0 Å². The summed E-state index contributed by atoms with van der Waals surface area (Å²) in [5.41, 5.74) is 3.34. The van der Waals surface area contributed by atoms with Gasteiger partial charge >= 0.3 is 0 Å². The van der Waals surface area contributed by atoms with E-state index in [-0.39, 0.29) is 5.91 Å². The average molecular weight is 361 g/mol. The van der Waals surface area contributed by atoms with Gasteiger partial charge in [-0.2, -0.15) is 0 Å². The van der Waals surface area contributed by atoms with E-state index in [1.165, 1.54) is 5.56 Å². The molecule has 1 amide bonds. The molecule has 4 heteroatoms. The third kappa shape index (κ3) is 3.76. The van der Waals surface area contributed by atoms with Crippen LogP contribution in [0.3, 0.4) is 0 Å². The van der Waals surface area contributed by atoms with Gasteiger partial charge in [-0.25, -0.2) is 0 Å². The van der Waals surface area contributed by atoms with Crippen molar-refractivity contribution >= 4 is 16.8 Å². The third-order valence-corrected chi connectivity index (χ3v) is 5.56. The van der Waals surface area contributed by atoms with Crippen LogP contribution in [0.1, 0.15) is 23.0 Å². The number of carbonyl (C=O) groups is 1. The molecule has 2 aromatic carbocycles. The van der Waals surface area contributed by atoms with Crippen LogP contribution in [0.5, 0.6) is 0 Å². The van der Waals surface area contributed by atoms with E-state index in [1.54, 1.807) is 0 Å². The lowest BCUT2D eigenvalue weighted by Gasteiger charge is -2.34. The molecule has 0 aliphatic carbocycles. The molecule has 140 valence electrons. The van der Waals surface area contributed by atoms with E-state index in [2.05, 4.69) is 58.9 Å². The zero-order chi connectivity index (χ0) is 18.6. The Bertz CT molecular complexity index is 908. The maximum atomic E-state index is 13.1. The van der Waals surface area contributed by atoms with Crippen LogP contribution in [0.25, 0.3) is 10.9 Å². The molecule has 0 atom stereocenters. The summed E-state index contributed by atoms with van der Waals surface area (Å²) in [7, 11) is 0. The zero-order valence-corrected chi connectivity index (χ0v) is 16.0. The maximum Gasteiger partial charge on any atom is 0.270 e. The van der Waals surface area contributed by atoms with Crippen LogP contribution in [0.15, 0.2) is 60.7 Å². The average Bonchev–Trinajstić information content (AvgIpc) is 3.11. The molecule has 0 radical (unpaired) electrons. The summed E-state index contributed by atoms with van der Waals surface area (Å²) in [6.07, 6.45) is 1.07. The first-order chi connectivity index (χ1) is 13.3. The number of aromatic nitrogens is 1. The number of amides is 1. The highest BCUT2D eigenvalue weighted by Gasteiger charge is 2.24. The van der Waals surface area contributed by atoms with Gasteiger partial charge in [0.2, 0.25) is 0 Å². The van der Waals surface area contributed by atoms with Crippen molar-refractivity contribution in [1.82, 2.24) is 14.4 Å². The van der Waals surface area contributed by atoms with Gasteiger partial charge < -0.3 is 9.47 Å². The number of aryl methyl sites for hydroxylation is 1. The van der Waals surface area contributed by atoms with Crippen molar-refractivity contribution in [3.63, 3.8) is 0 Å². The molecule has 1 saturated heterocycles. The second-order valence-corrected chi connectivity index (χ2v) is 7.20. The van der Waals surface area contributed by atoms with Crippen molar-refractivity contribution < 1.29 is 4.79 Å². The Labute approximate surface area is 161 Å². The third-order valence-electron chi connectivity index (χ3n) is 5.56. The topological polar surface area (TPSA) is 28.5 Å². The molecule has 1 aliphatic heterocycles. The number of nitrogens with zero attached hydrogens (tertiary/aromatic N) is 3. The van der Waals surface area contributed by atoms with E-state index in [1.807, 2.05) is 23.1 Å². The monoisotopic (exact) mass is 361 g/mol. The summed E-state index contributed by atoms with van der Waals surface area (Å²) in [5, 5.41) is 1.14. The number of rotatable bonds is 5. The van der Waals surface area contributed by atoms with Crippen LogP contribution < -0.4 is 0 Å². The fourth-order valence-electron chi connectivity index (χ4n) is 4.00. The molecule has 27 heavy (non-hydrogen) atoms. The van der Waals surface area contributed by atoms with Crippen LogP contribution >= 0.6 is 0 Å². The predicted molar refractivity (Wildman–Crippen MR) is 110 cm³/mol. The summed E-state index contributed by atoms with van der Waals surface area (Å²) < 4.78 is 2.14. The number of hydrogen-bond donors (Lipinski definition) is 0. The van der Waals surface area contributed by atoms with E-state index in [0.717, 1.165) is 62.3 Å². The van der Waals surface area contributed by atoms with Crippen LogP contribution in [0.2, 0.25) is 0 Å². The van der Waals surface area contributed by atoms with Gasteiger partial charge in [0.1, 0.15) is 5.69 Å². The Hall–Kier alpha value is -2.59. The van der Waals surface area contributed by atoms with Crippen molar-refractivity contribution in [2.75, 3.05) is 32.7 Å². The zero-order valence-electron chi connectivity index (χ0n) is 16.0. The highest BCUT2D eigenvalue weighted by Crippen LogP contribution is 2.21. The number of benzene rings is 2. The van der Waals surface area contributed by atoms with Gasteiger partial charge in [0.05, 0.1) is 0 Å². The minimum Gasteiger partial charge on any atom is -0.337 e. The predicted octanol–water partition coefficient (Wildman–Crippen LogP) is 3.66. The Morgan fingerprint density at radius 2 is 1.63 bits per heavy atom. The molecule has 0 spiro atoms. The molecule has 1 fully saturated rings. The number of hydrogen-bond acceptors (Lipinski definition) is 2. The number of para-hydroxylation sites is 1. The summed E-state index contributed by atoms with van der Waals surface area (Å²) in [4.78, 5) is 17.6. The van der Waals surface area contributed by atoms with Gasteiger partial charge in [0.25, 0.3) is 5.91 Å². The van der Waals surface area contributed by atoms with Gasteiger partial charge in [0.15, 0.2) is 0 Å². The molecule has 4 nitrogen and oxygen atoms in total. The lowest BCUT2D eigenvalue weighted by molar-refractivity contribution is 0.0628. The fraction of sp³-hybridized carbons (Fsp3) is 0.348. The van der Waals surface area contributed by atoms with Crippen LogP contribution in [0, 0.1) is 0 Å². The highest BCUT2D eigenvalue weighted by molar-refractivity contribution is 5.98. The molecule has 3 aromatic rings. The lowest BCUT2D eigenvalue weighted by atomic mass is 10.1. The molecule has 0 bridgehead atoms. The second kappa shape index (κ2) is 7.97. The maximum absolute atomic E-state index is 13.1. The van der Waals surface area contributed by atoms with Crippen molar-refractivity contribution in [2.45, 2.75) is 19.9 Å². The van der Waals surface area contributed by atoms with Crippen molar-refractivity contribution in [3.8, 4) is 0 Å². The van der Waals surface area contributed by atoms with E-state index in [0.29, 0.717) is 0 Å². The fourth-order valence-corrected chi connectivity index (χ4v) is 4.00. The first kappa shape index (κ1) is 17.8. The normalized spacial score (nSPS) is 15.4. The van der Waals surface area contributed by atoms with E-state index in [9.17, 15) is 4.79 Å². The van der Waals surface area contributed by atoms with Crippen molar-refractivity contribution in [2.24, 2.45) is 0 Å². The van der Waals surface area contributed by atoms with Crippen LogP contribution in [-0.4, -0.2) is 53.0 Å². The Balaban J connectivity index is 1.39. The summed E-state index contributed by atoms with van der Waals surface area (Å²) >= 11 is 0. The largest absolute Gasteiger partial charge is 0.337 e. The molecule has 0 unspecified atom stereocenters. The molecule has 0 N–H and O–H groups in total. The van der Waals surface area contributed by atoms with Gasteiger partial charge in [-0.15, -0.1) is 0 Å². The number of piperazine rings is 1. The van der Waals surface area contributed by atoms with Gasteiger partial charge in [-0.1, -0.05) is 48.5 Å². The quantitative estimate of drug-likeness (QED) is 0.694. The van der Waals surface area contributed by atoms with Gasteiger partial charge in [0, 0.05) is 50.2 Å². The van der Waals surface area contributed by atoms with Crippen LogP contribution in [0.4, 0.5) is 0 Å². The number of fused-ring (bicyclic) bond motifs is 1. The molecular weight excluding hydrogens is 334 g/mol. The summed E-state index contributed by atoms with van der Waals surface area (Å²) in [5.74, 6) is 0.163. The van der Waals surface area contributed by atoms with Crippen LogP contribution in [-0.2, 0) is 13.0 Å². The first-order valence-electron chi connectivity index (χ1n) is 9.90. The molecule has 1 aromatic heterocycles.